The lowest BCUT2D eigenvalue weighted by Crippen LogP contribution is -2.23. The van der Waals surface area contributed by atoms with Crippen LogP contribution in [0.4, 0.5) is 0 Å². The van der Waals surface area contributed by atoms with E-state index in [9.17, 15) is 8.77 Å². The molecule has 0 aliphatic rings. The smallest absolute Gasteiger partial charge is 0.413 e. The Hall–Kier alpha value is -0.680. The van der Waals surface area contributed by atoms with Crippen molar-refractivity contribution < 1.29 is 17.8 Å². The van der Waals surface area contributed by atoms with Crippen LogP contribution in [0.3, 0.4) is 0 Å². The van der Waals surface area contributed by atoms with Gasteiger partial charge < -0.3 is 4.52 Å². The maximum Gasteiger partial charge on any atom is 0.458 e. The van der Waals surface area contributed by atoms with Crippen molar-refractivity contribution in [2.24, 2.45) is 0 Å². The van der Waals surface area contributed by atoms with E-state index in [4.69, 9.17) is 9.05 Å². The molecule has 0 aliphatic heterocycles. The van der Waals surface area contributed by atoms with Crippen LogP contribution in [0.2, 0.25) is 0 Å². The third-order valence-corrected chi connectivity index (χ3v) is 5.95. The van der Waals surface area contributed by atoms with Crippen molar-refractivity contribution in [3.8, 4) is 5.75 Å². The molecule has 2 atom stereocenters. The molecule has 0 saturated carbocycles. The van der Waals surface area contributed by atoms with Gasteiger partial charge in [0.15, 0.2) is 0 Å². The van der Waals surface area contributed by atoms with Crippen molar-refractivity contribution in [3.63, 3.8) is 0 Å². The van der Waals surface area contributed by atoms with Gasteiger partial charge in [0.1, 0.15) is 5.75 Å². The highest BCUT2D eigenvalue weighted by atomic mass is 32.2. The molecule has 2 unspecified atom stereocenters. The Bertz CT molecular complexity index is 548. The SMILES string of the molecule is CCOP(=O)(NC(C)C)Oc1ccc(S(=O)CC)c(C)c1. The lowest BCUT2D eigenvalue weighted by atomic mass is 10.2. The summed E-state index contributed by atoms with van der Waals surface area (Å²) in [5.74, 6) is 1.00. The molecule has 0 bridgehead atoms. The Morgan fingerprint density at radius 2 is 2.00 bits per heavy atom. The summed E-state index contributed by atoms with van der Waals surface area (Å²) in [6.45, 7) is 9.51. The standard InChI is InChI=1S/C14H24NO4PS/c1-6-18-20(16,15-11(3)4)19-13-8-9-14(12(5)10-13)21(17)7-2/h8-11H,6-7H2,1-5H3,(H,15,16). The minimum Gasteiger partial charge on any atom is -0.413 e. The maximum atomic E-state index is 12.6. The Labute approximate surface area is 129 Å². The predicted molar refractivity (Wildman–Crippen MR) is 86.3 cm³/mol. The molecule has 0 radical (unpaired) electrons. The molecule has 0 amide bonds. The molecule has 1 N–H and O–H groups in total. The first kappa shape index (κ1) is 18.4. The Morgan fingerprint density at radius 1 is 1.33 bits per heavy atom. The van der Waals surface area contributed by atoms with Gasteiger partial charge in [-0.15, -0.1) is 0 Å². The summed E-state index contributed by atoms with van der Waals surface area (Å²) in [5, 5.41) is 2.82. The third kappa shape index (κ3) is 5.55. The summed E-state index contributed by atoms with van der Waals surface area (Å²) in [4.78, 5) is 0.771. The van der Waals surface area contributed by atoms with Gasteiger partial charge in [-0.3, -0.25) is 8.73 Å². The van der Waals surface area contributed by atoms with E-state index >= 15 is 0 Å². The van der Waals surface area contributed by atoms with Crippen LogP contribution in [-0.4, -0.2) is 22.6 Å². The van der Waals surface area contributed by atoms with E-state index in [2.05, 4.69) is 5.09 Å². The highest BCUT2D eigenvalue weighted by Crippen LogP contribution is 2.45. The number of hydrogen-bond acceptors (Lipinski definition) is 4. The Kier molecular flexibility index (Phi) is 7.07. The molecule has 0 fully saturated rings. The van der Waals surface area contributed by atoms with Crippen LogP contribution >= 0.6 is 7.75 Å². The number of benzene rings is 1. The zero-order valence-corrected chi connectivity index (χ0v) is 14.9. The van der Waals surface area contributed by atoms with Crippen molar-refractivity contribution in [2.75, 3.05) is 12.4 Å². The van der Waals surface area contributed by atoms with Crippen LogP contribution in [-0.2, 0) is 19.9 Å². The van der Waals surface area contributed by atoms with Gasteiger partial charge in [0, 0.05) is 16.7 Å². The van der Waals surface area contributed by atoms with E-state index in [0.717, 1.165) is 10.5 Å². The van der Waals surface area contributed by atoms with Gasteiger partial charge in [-0.25, -0.2) is 9.65 Å². The van der Waals surface area contributed by atoms with Crippen molar-refractivity contribution in [1.29, 1.82) is 0 Å². The predicted octanol–water partition coefficient (Wildman–Crippen LogP) is 3.64. The summed E-state index contributed by atoms with van der Waals surface area (Å²) in [6.07, 6.45) is 0. The quantitative estimate of drug-likeness (QED) is 0.736. The molecular weight excluding hydrogens is 309 g/mol. The summed E-state index contributed by atoms with van der Waals surface area (Å²) >= 11 is 0. The van der Waals surface area contributed by atoms with Crippen LogP contribution in [0.15, 0.2) is 23.1 Å². The molecular formula is C14H24NO4PS. The molecule has 1 rings (SSSR count). The molecule has 1 aromatic carbocycles. The van der Waals surface area contributed by atoms with Gasteiger partial charge in [0.05, 0.1) is 17.4 Å². The van der Waals surface area contributed by atoms with Crippen molar-refractivity contribution in [3.05, 3.63) is 23.8 Å². The largest absolute Gasteiger partial charge is 0.458 e. The van der Waals surface area contributed by atoms with E-state index in [1.165, 1.54) is 0 Å². The van der Waals surface area contributed by atoms with Gasteiger partial charge in [-0.1, -0.05) is 6.92 Å². The van der Waals surface area contributed by atoms with Crippen LogP contribution in [0.1, 0.15) is 33.3 Å². The number of nitrogens with one attached hydrogen (secondary N) is 1. The summed E-state index contributed by atoms with van der Waals surface area (Å²) in [7, 11) is -4.41. The van der Waals surface area contributed by atoms with Gasteiger partial charge in [-0.2, -0.15) is 0 Å². The van der Waals surface area contributed by atoms with E-state index < -0.39 is 18.5 Å². The molecule has 0 saturated heterocycles. The Morgan fingerprint density at radius 3 is 2.48 bits per heavy atom. The highest BCUT2D eigenvalue weighted by molar-refractivity contribution is 7.85. The number of rotatable bonds is 8. The topological polar surface area (TPSA) is 64.6 Å². The molecule has 0 aliphatic carbocycles. The molecule has 120 valence electrons. The molecule has 21 heavy (non-hydrogen) atoms. The minimum absolute atomic E-state index is 0.0321. The van der Waals surface area contributed by atoms with Crippen molar-refractivity contribution in [1.82, 2.24) is 5.09 Å². The molecule has 5 nitrogen and oxygen atoms in total. The van der Waals surface area contributed by atoms with Crippen molar-refractivity contribution in [2.45, 2.75) is 45.6 Å². The first-order valence-corrected chi connectivity index (χ1v) is 9.88. The fourth-order valence-corrected chi connectivity index (χ4v) is 4.30. The summed E-state index contributed by atoms with van der Waals surface area (Å²) in [5.41, 5.74) is 0.847. The first-order chi connectivity index (χ1) is 9.81. The monoisotopic (exact) mass is 333 g/mol. The highest BCUT2D eigenvalue weighted by Gasteiger charge is 2.27. The number of hydrogen-bond donors (Lipinski definition) is 1. The normalized spacial score (nSPS) is 15.7. The van der Waals surface area contributed by atoms with Gasteiger partial charge in [0.25, 0.3) is 0 Å². The van der Waals surface area contributed by atoms with Gasteiger partial charge in [0.2, 0.25) is 0 Å². The zero-order valence-electron chi connectivity index (χ0n) is 13.2. The Balaban J connectivity index is 2.98. The number of aryl methyl sites for hydroxylation is 1. The van der Waals surface area contributed by atoms with E-state index in [0.29, 0.717) is 11.5 Å². The average Bonchev–Trinajstić information content (AvgIpc) is 2.37. The molecule has 7 heteroatoms. The fraction of sp³-hybridized carbons (Fsp3) is 0.571. The molecule has 0 heterocycles. The van der Waals surface area contributed by atoms with Crippen LogP contribution in [0.5, 0.6) is 5.75 Å². The van der Waals surface area contributed by atoms with E-state index in [1.807, 2.05) is 27.7 Å². The van der Waals surface area contributed by atoms with Gasteiger partial charge in [-0.05, 0) is 51.5 Å². The van der Waals surface area contributed by atoms with E-state index in [-0.39, 0.29) is 12.6 Å². The summed E-state index contributed by atoms with van der Waals surface area (Å²) in [6, 6.07) is 5.12. The van der Waals surface area contributed by atoms with Crippen molar-refractivity contribution >= 4 is 18.5 Å². The molecule has 0 aromatic heterocycles. The second-order valence-electron chi connectivity index (χ2n) is 4.85. The van der Waals surface area contributed by atoms with Gasteiger partial charge >= 0.3 is 7.75 Å². The lowest BCUT2D eigenvalue weighted by molar-refractivity contribution is 0.265. The lowest BCUT2D eigenvalue weighted by Gasteiger charge is -2.21. The van der Waals surface area contributed by atoms with Crippen LogP contribution in [0.25, 0.3) is 0 Å². The molecule has 0 spiro atoms. The summed E-state index contributed by atoms with van der Waals surface area (Å²) < 4.78 is 35.2. The molecule has 1 aromatic rings. The average molecular weight is 333 g/mol. The fourth-order valence-electron chi connectivity index (χ4n) is 1.80. The second-order valence-corrected chi connectivity index (χ2v) is 8.25. The third-order valence-electron chi connectivity index (χ3n) is 2.59. The van der Waals surface area contributed by atoms with E-state index in [1.54, 1.807) is 25.1 Å². The van der Waals surface area contributed by atoms with Crippen LogP contribution < -0.4 is 9.61 Å². The second kappa shape index (κ2) is 8.08. The van der Waals surface area contributed by atoms with Crippen LogP contribution in [0, 0.1) is 6.92 Å². The first-order valence-electron chi connectivity index (χ1n) is 7.02. The zero-order chi connectivity index (χ0) is 16.0. The maximum absolute atomic E-state index is 12.6. The minimum atomic E-state index is -3.39.